The first-order valence-electron chi connectivity index (χ1n) is 5.12. The van der Waals surface area contributed by atoms with Crippen LogP contribution in [0.1, 0.15) is 31.9 Å². The SMILES string of the molecule is C=C.CC1(C)CC(N)c2ccccc2O1. The third-order valence-corrected chi connectivity index (χ3v) is 2.42. The monoisotopic (exact) mass is 205 g/mol. The molecule has 1 aromatic carbocycles. The lowest BCUT2D eigenvalue weighted by atomic mass is 9.90. The van der Waals surface area contributed by atoms with Gasteiger partial charge in [0.15, 0.2) is 0 Å². The van der Waals surface area contributed by atoms with Crippen molar-refractivity contribution in [1.29, 1.82) is 0 Å². The van der Waals surface area contributed by atoms with Gasteiger partial charge in [0.25, 0.3) is 0 Å². The van der Waals surface area contributed by atoms with Crippen LogP contribution in [-0.4, -0.2) is 5.60 Å². The molecule has 0 bridgehead atoms. The van der Waals surface area contributed by atoms with Gasteiger partial charge in [-0.25, -0.2) is 0 Å². The molecule has 1 aliphatic rings. The molecule has 2 N–H and O–H groups in total. The molecule has 0 radical (unpaired) electrons. The predicted octanol–water partition coefficient (Wildman–Crippen LogP) is 3.05. The molecule has 1 aliphatic heterocycles. The number of hydrogen-bond donors (Lipinski definition) is 1. The predicted molar refractivity (Wildman–Crippen MR) is 63.9 cm³/mol. The van der Waals surface area contributed by atoms with Crippen LogP contribution >= 0.6 is 0 Å². The van der Waals surface area contributed by atoms with Crippen molar-refractivity contribution in [3.05, 3.63) is 43.0 Å². The van der Waals surface area contributed by atoms with E-state index in [4.69, 9.17) is 10.5 Å². The zero-order chi connectivity index (χ0) is 11.5. The summed E-state index contributed by atoms with van der Waals surface area (Å²) in [4.78, 5) is 0. The smallest absolute Gasteiger partial charge is 0.124 e. The molecule has 1 aromatic rings. The highest BCUT2D eigenvalue weighted by Gasteiger charge is 2.31. The first-order valence-corrected chi connectivity index (χ1v) is 5.12. The standard InChI is InChI=1S/C11H15NO.C2H4/c1-11(2)7-9(12)8-5-3-4-6-10(8)13-11;1-2/h3-6,9H,7,12H2,1-2H3;1-2H2. The summed E-state index contributed by atoms with van der Waals surface area (Å²) in [7, 11) is 0. The van der Waals surface area contributed by atoms with E-state index in [0.29, 0.717) is 0 Å². The minimum Gasteiger partial charge on any atom is -0.487 e. The van der Waals surface area contributed by atoms with Crippen LogP contribution in [0.3, 0.4) is 0 Å². The number of ether oxygens (including phenoxy) is 1. The van der Waals surface area contributed by atoms with E-state index in [2.05, 4.69) is 27.0 Å². The van der Waals surface area contributed by atoms with Crippen molar-refractivity contribution in [2.24, 2.45) is 5.73 Å². The minimum atomic E-state index is -0.131. The molecule has 2 rings (SSSR count). The Morgan fingerprint density at radius 2 is 1.93 bits per heavy atom. The highest BCUT2D eigenvalue weighted by molar-refractivity contribution is 5.38. The van der Waals surface area contributed by atoms with Gasteiger partial charge < -0.3 is 10.5 Å². The Hall–Kier alpha value is -1.28. The maximum atomic E-state index is 6.04. The van der Waals surface area contributed by atoms with Crippen LogP contribution in [0.4, 0.5) is 0 Å². The molecule has 82 valence electrons. The van der Waals surface area contributed by atoms with Crippen molar-refractivity contribution in [3.63, 3.8) is 0 Å². The second kappa shape index (κ2) is 4.49. The van der Waals surface area contributed by atoms with Crippen molar-refractivity contribution in [2.45, 2.75) is 31.9 Å². The summed E-state index contributed by atoms with van der Waals surface area (Å²) in [6.07, 6.45) is 0.879. The third-order valence-electron chi connectivity index (χ3n) is 2.42. The molecule has 0 spiro atoms. The largest absolute Gasteiger partial charge is 0.487 e. The summed E-state index contributed by atoms with van der Waals surface area (Å²) in [6.45, 7) is 10.1. The second-order valence-electron chi connectivity index (χ2n) is 4.21. The average Bonchev–Trinajstić information content (AvgIpc) is 2.19. The van der Waals surface area contributed by atoms with E-state index >= 15 is 0 Å². The van der Waals surface area contributed by atoms with Crippen LogP contribution in [0.25, 0.3) is 0 Å². The van der Waals surface area contributed by atoms with Crippen LogP contribution in [0.2, 0.25) is 0 Å². The van der Waals surface area contributed by atoms with Gasteiger partial charge in [-0.3, -0.25) is 0 Å². The van der Waals surface area contributed by atoms with Crippen LogP contribution < -0.4 is 10.5 Å². The van der Waals surface area contributed by atoms with Gasteiger partial charge >= 0.3 is 0 Å². The number of benzene rings is 1. The Morgan fingerprint density at radius 1 is 1.33 bits per heavy atom. The zero-order valence-electron chi connectivity index (χ0n) is 9.49. The quantitative estimate of drug-likeness (QED) is 0.661. The Labute approximate surface area is 91.7 Å². The van der Waals surface area contributed by atoms with E-state index in [1.807, 2.05) is 24.3 Å². The van der Waals surface area contributed by atoms with Crippen LogP contribution in [0, 0.1) is 0 Å². The van der Waals surface area contributed by atoms with Gasteiger partial charge in [-0.2, -0.15) is 0 Å². The van der Waals surface area contributed by atoms with Crippen LogP contribution in [-0.2, 0) is 0 Å². The Bertz CT molecular complexity index is 333. The zero-order valence-corrected chi connectivity index (χ0v) is 9.49. The molecular formula is C13H19NO. The maximum absolute atomic E-state index is 6.04. The lowest BCUT2D eigenvalue weighted by molar-refractivity contribution is 0.0729. The maximum Gasteiger partial charge on any atom is 0.124 e. The Morgan fingerprint density at radius 3 is 2.60 bits per heavy atom. The van der Waals surface area contributed by atoms with Gasteiger partial charge in [0.1, 0.15) is 11.4 Å². The van der Waals surface area contributed by atoms with E-state index in [0.717, 1.165) is 17.7 Å². The number of rotatable bonds is 0. The number of para-hydroxylation sites is 1. The van der Waals surface area contributed by atoms with Crippen LogP contribution in [0.5, 0.6) is 5.75 Å². The summed E-state index contributed by atoms with van der Waals surface area (Å²) in [5.74, 6) is 0.936. The number of nitrogens with two attached hydrogens (primary N) is 1. The number of fused-ring (bicyclic) bond motifs is 1. The Kier molecular flexibility index (Phi) is 3.53. The van der Waals surface area contributed by atoms with E-state index in [1.54, 1.807) is 0 Å². The fourth-order valence-electron chi connectivity index (χ4n) is 1.86. The summed E-state index contributed by atoms with van der Waals surface area (Å²) < 4.78 is 5.81. The highest BCUT2D eigenvalue weighted by Crippen LogP contribution is 2.37. The van der Waals surface area contributed by atoms with Gasteiger partial charge in [0.2, 0.25) is 0 Å². The molecule has 0 saturated carbocycles. The lowest BCUT2D eigenvalue weighted by Crippen LogP contribution is -2.37. The molecule has 2 nitrogen and oxygen atoms in total. The minimum absolute atomic E-state index is 0.111. The van der Waals surface area contributed by atoms with Crippen molar-refractivity contribution in [2.75, 3.05) is 0 Å². The molecule has 1 heterocycles. The molecule has 0 saturated heterocycles. The average molecular weight is 205 g/mol. The summed E-state index contributed by atoms with van der Waals surface area (Å²) in [5, 5.41) is 0. The van der Waals surface area contributed by atoms with Crippen molar-refractivity contribution < 1.29 is 4.74 Å². The van der Waals surface area contributed by atoms with Gasteiger partial charge in [0.05, 0.1) is 0 Å². The molecule has 0 fully saturated rings. The molecule has 0 aliphatic carbocycles. The fraction of sp³-hybridized carbons (Fsp3) is 0.385. The van der Waals surface area contributed by atoms with Crippen molar-refractivity contribution in [3.8, 4) is 5.75 Å². The fourth-order valence-corrected chi connectivity index (χ4v) is 1.86. The molecule has 0 aromatic heterocycles. The summed E-state index contributed by atoms with van der Waals surface area (Å²) in [5.41, 5.74) is 7.04. The topological polar surface area (TPSA) is 35.2 Å². The van der Waals surface area contributed by atoms with Gasteiger partial charge in [0, 0.05) is 18.0 Å². The van der Waals surface area contributed by atoms with Gasteiger partial charge in [-0.05, 0) is 19.9 Å². The first-order chi connectivity index (χ1) is 7.08. The normalized spacial score (nSPS) is 21.7. The van der Waals surface area contributed by atoms with E-state index in [9.17, 15) is 0 Å². The molecule has 1 atom stereocenters. The molecular weight excluding hydrogens is 186 g/mol. The molecule has 15 heavy (non-hydrogen) atoms. The lowest BCUT2D eigenvalue weighted by Gasteiger charge is -2.35. The first kappa shape index (κ1) is 11.8. The van der Waals surface area contributed by atoms with Gasteiger partial charge in [-0.15, -0.1) is 13.2 Å². The summed E-state index contributed by atoms with van der Waals surface area (Å²) in [6, 6.07) is 8.11. The van der Waals surface area contributed by atoms with Gasteiger partial charge in [-0.1, -0.05) is 18.2 Å². The van der Waals surface area contributed by atoms with E-state index in [1.165, 1.54) is 0 Å². The summed E-state index contributed by atoms with van der Waals surface area (Å²) >= 11 is 0. The number of hydrogen-bond acceptors (Lipinski definition) is 2. The molecule has 1 unspecified atom stereocenters. The molecule has 2 heteroatoms. The second-order valence-corrected chi connectivity index (χ2v) is 4.21. The highest BCUT2D eigenvalue weighted by atomic mass is 16.5. The van der Waals surface area contributed by atoms with Crippen LogP contribution in [0.15, 0.2) is 37.4 Å². The van der Waals surface area contributed by atoms with Crippen molar-refractivity contribution >= 4 is 0 Å². The third kappa shape index (κ3) is 2.60. The van der Waals surface area contributed by atoms with E-state index < -0.39 is 0 Å². The van der Waals surface area contributed by atoms with E-state index in [-0.39, 0.29) is 11.6 Å². The Balaban J connectivity index is 0.000000531. The van der Waals surface area contributed by atoms with Crippen molar-refractivity contribution in [1.82, 2.24) is 0 Å². The molecule has 0 amide bonds.